The zero-order valence-electron chi connectivity index (χ0n) is 12.7. The van der Waals surface area contributed by atoms with Gasteiger partial charge in [-0.3, -0.25) is 15.3 Å². The van der Waals surface area contributed by atoms with Gasteiger partial charge in [0.05, 0.1) is 5.71 Å². The topological polar surface area (TPSA) is 72.8 Å². The monoisotopic (exact) mass is 296 g/mol. The summed E-state index contributed by atoms with van der Waals surface area (Å²) in [7, 11) is 0. The molecule has 1 aromatic heterocycles. The molecule has 0 radical (unpaired) electrons. The smallest absolute Gasteiger partial charge is 0.271 e. The van der Waals surface area contributed by atoms with Crippen LogP contribution in [0, 0.1) is 5.41 Å². The largest absolute Gasteiger partial charge is 0.307 e. The number of para-hydroxylation sites is 1. The van der Waals surface area contributed by atoms with E-state index in [0.29, 0.717) is 13.0 Å². The minimum Gasteiger partial charge on any atom is -0.307 e. The lowest BCUT2D eigenvalue weighted by Gasteiger charge is -2.29. The quantitative estimate of drug-likeness (QED) is 0.851. The van der Waals surface area contributed by atoms with Gasteiger partial charge in [0.15, 0.2) is 0 Å². The minimum atomic E-state index is -0.182. The van der Waals surface area contributed by atoms with E-state index < -0.39 is 0 Å². The van der Waals surface area contributed by atoms with Gasteiger partial charge in [0.1, 0.15) is 0 Å². The van der Waals surface area contributed by atoms with Crippen molar-refractivity contribution < 1.29 is 4.79 Å². The van der Waals surface area contributed by atoms with Crippen LogP contribution in [0.4, 0.5) is 5.69 Å². The summed E-state index contributed by atoms with van der Waals surface area (Å²) < 4.78 is 0. The van der Waals surface area contributed by atoms with E-state index in [4.69, 9.17) is 5.41 Å². The molecule has 1 unspecified atom stereocenters. The molecule has 1 atom stereocenters. The molecule has 1 aliphatic heterocycles. The predicted octanol–water partition coefficient (Wildman–Crippen LogP) is 2.90. The zero-order chi connectivity index (χ0) is 15.5. The van der Waals surface area contributed by atoms with Gasteiger partial charge in [-0.25, -0.2) is 0 Å². The van der Waals surface area contributed by atoms with Crippen LogP contribution in [0.5, 0.6) is 0 Å². The van der Waals surface area contributed by atoms with Gasteiger partial charge in [0, 0.05) is 36.5 Å². The number of aromatic nitrogens is 2. The molecule has 3 rings (SSSR count). The van der Waals surface area contributed by atoms with E-state index in [0.717, 1.165) is 24.2 Å². The molecule has 0 saturated heterocycles. The van der Waals surface area contributed by atoms with Crippen molar-refractivity contribution in [1.82, 2.24) is 10.2 Å². The van der Waals surface area contributed by atoms with Crippen LogP contribution in [0.25, 0.3) is 0 Å². The summed E-state index contributed by atoms with van der Waals surface area (Å²) >= 11 is 0. The van der Waals surface area contributed by atoms with Crippen LogP contribution < -0.4 is 4.90 Å². The van der Waals surface area contributed by atoms with Gasteiger partial charge in [-0.15, -0.1) is 0 Å². The summed E-state index contributed by atoms with van der Waals surface area (Å²) in [5.41, 5.74) is 3.25. The summed E-state index contributed by atoms with van der Waals surface area (Å²) in [5, 5.41) is 15.0. The minimum absolute atomic E-state index is 0.0824. The number of rotatable bonds is 4. The molecule has 2 N–H and O–H groups in total. The molecule has 2 heterocycles. The van der Waals surface area contributed by atoms with Crippen LogP contribution in [0.1, 0.15) is 36.9 Å². The Bertz CT molecular complexity index is 678. The van der Waals surface area contributed by atoms with Gasteiger partial charge in [-0.05, 0) is 30.5 Å². The van der Waals surface area contributed by atoms with Gasteiger partial charge in [0.25, 0.3) is 5.91 Å². The molecular formula is C17H20N4O. The fourth-order valence-electron chi connectivity index (χ4n) is 2.95. The molecule has 1 aromatic carbocycles. The fourth-order valence-corrected chi connectivity index (χ4v) is 2.95. The van der Waals surface area contributed by atoms with E-state index in [2.05, 4.69) is 16.3 Å². The van der Waals surface area contributed by atoms with Gasteiger partial charge >= 0.3 is 0 Å². The highest BCUT2D eigenvalue weighted by Gasteiger charge is 2.26. The first-order valence-corrected chi connectivity index (χ1v) is 7.63. The Kier molecular flexibility index (Phi) is 4.04. The van der Waals surface area contributed by atoms with E-state index in [1.165, 1.54) is 5.56 Å². The van der Waals surface area contributed by atoms with Crippen molar-refractivity contribution in [3.05, 3.63) is 47.8 Å². The maximum atomic E-state index is 12.6. The van der Waals surface area contributed by atoms with E-state index in [1.54, 1.807) is 11.1 Å². The van der Waals surface area contributed by atoms with Crippen LogP contribution >= 0.6 is 0 Å². The number of carbonyl (C=O) groups is 1. The predicted molar refractivity (Wildman–Crippen MR) is 86.5 cm³/mol. The molecule has 22 heavy (non-hydrogen) atoms. The van der Waals surface area contributed by atoms with Crippen molar-refractivity contribution in [3.8, 4) is 0 Å². The lowest BCUT2D eigenvalue weighted by Crippen LogP contribution is -2.40. The first kappa shape index (κ1) is 14.5. The summed E-state index contributed by atoms with van der Waals surface area (Å²) in [6, 6.07) is 9.86. The number of fused-ring (bicyclic) bond motifs is 1. The van der Waals surface area contributed by atoms with Crippen LogP contribution in [0.15, 0.2) is 36.5 Å². The second kappa shape index (κ2) is 6.13. The number of carbonyl (C=O) groups excluding carboxylic acids is 1. The Balaban J connectivity index is 1.73. The normalized spacial score (nSPS) is 15.2. The highest BCUT2D eigenvalue weighted by Crippen LogP contribution is 2.27. The third-order valence-electron chi connectivity index (χ3n) is 4.18. The van der Waals surface area contributed by atoms with Crippen LogP contribution in [0.3, 0.4) is 0 Å². The molecule has 0 bridgehead atoms. The zero-order valence-corrected chi connectivity index (χ0v) is 12.7. The molecule has 1 amide bonds. The van der Waals surface area contributed by atoms with Crippen molar-refractivity contribution in [3.63, 3.8) is 0 Å². The van der Waals surface area contributed by atoms with Crippen molar-refractivity contribution in [2.75, 3.05) is 11.4 Å². The number of aromatic amines is 1. The third-order valence-corrected chi connectivity index (χ3v) is 4.18. The molecule has 1 aliphatic rings. The molecular weight excluding hydrogens is 276 g/mol. The highest BCUT2D eigenvalue weighted by molar-refractivity contribution is 6.42. The molecule has 2 aromatic rings. The Hall–Kier alpha value is -2.43. The second-order valence-electron chi connectivity index (χ2n) is 5.78. The summed E-state index contributed by atoms with van der Waals surface area (Å²) in [6.07, 6.45) is 4.06. The number of hydrogen-bond donors (Lipinski definition) is 2. The number of anilines is 1. The molecule has 0 fully saturated rings. The number of benzene rings is 1. The van der Waals surface area contributed by atoms with E-state index >= 15 is 0 Å². The van der Waals surface area contributed by atoms with E-state index in [1.807, 2.05) is 31.2 Å². The lowest BCUT2D eigenvalue weighted by molar-refractivity contribution is -0.112. The summed E-state index contributed by atoms with van der Waals surface area (Å²) in [6.45, 7) is 2.69. The SMILES string of the molecule is CC(CC(=N)C(=O)N1CCCc2ccccc21)c1ccn[nH]1. The number of H-pyrrole nitrogens is 1. The van der Waals surface area contributed by atoms with Gasteiger partial charge in [-0.1, -0.05) is 25.1 Å². The number of nitrogens with zero attached hydrogens (tertiary/aromatic N) is 2. The summed E-state index contributed by atoms with van der Waals surface area (Å²) in [4.78, 5) is 14.4. The van der Waals surface area contributed by atoms with Gasteiger partial charge in [-0.2, -0.15) is 5.10 Å². The van der Waals surface area contributed by atoms with Gasteiger partial charge in [0.2, 0.25) is 0 Å². The van der Waals surface area contributed by atoms with E-state index in [-0.39, 0.29) is 17.5 Å². The fraction of sp³-hybridized carbons (Fsp3) is 0.353. The molecule has 0 spiro atoms. The van der Waals surface area contributed by atoms with Crippen LogP contribution in [-0.4, -0.2) is 28.4 Å². The maximum Gasteiger partial charge on any atom is 0.271 e. The first-order valence-electron chi connectivity index (χ1n) is 7.63. The standard InChI is InChI=1S/C17H20N4O/c1-12(15-8-9-19-20-15)11-14(18)17(22)21-10-4-6-13-5-2-3-7-16(13)21/h2-3,5,7-9,12,18H,4,6,10-11H2,1H3,(H,19,20). The molecule has 0 aliphatic carbocycles. The third kappa shape index (κ3) is 2.79. The Morgan fingerprint density at radius 3 is 3.00 bits per heavy atom. The van der Waals surface area contributed by atoms with E-state index in [9.17, 15) is 4.79 Å². The number of amides is 1. The van der Waals surface area contributed by atoms with Crippen molar-refractivity contribution >= 4 is 17.3 Å². The van der Waals surface area contributed by atoms with Gasteiger partial charge < -0.3 is 4.90 Å². The lowest BCUT2D eigenvalue weighted by atomic mass is 9.98. The Labute approximate surface area is 129 Å². The van der Waals surface area contributed by atoms with Crippen molar-refractivity contribution in [2.45, 2.75) is 32.1 Å². The molecule has 5 nitrogen and oxygen atoms in total. The van der Waals surface area contributed by atoms with Crippen molar-refractivity contribution in [2.24, 2.45) is 0 Å². The Morgan fingerprint density at radius 2 is 2.23 bits per heavy atom. The number of hydrogen-bond acceptors (Lipinski definition) is 3. The number of aryl methyl sites for hydroxylation is 1. The number of nitrogens with one attached hydrogen (secondary N) is 2. The first-order chi connectivity index (χ1) is 10.7. The summed E-state index contributed by atoms with van der Waals surface area (Å²) in [5.74, 6) is -0.0995. The van der Waals surface area contributed by atoms with Crippen LogP contribution in [-0.2, 0) is 11.2 Å². The maximum absolute atomic E-state index is 12.6. The van der Waals surface area contributed by atoms with Crippen molar-refractivity contribution in [1.29, 1.82) is 5.41 Å². The van der Waals surface area contributed by atoms with Crippen LogP contribution in [0.2, 0.25) is 0 Å². The average Bonchev–Trinajstić information content (AvgIpc) is 3.08. The molecule has 114 valence electrons. The highest BCUT2D eigenvalue weighted by atomic mass is 16.2. The average molecular weight is 296 g/mol. The molecule has 0 saturated carbocycles. The second-order valence-corrected chi connectivity index (χ2v) is 5.78. The molecule has 5 heteroatoms. The Morgan fingerprint density at radius 1 is 1.41 bits per heavy atom.